The molecule has 1 saturated carbocycles. The molecule has 1 aliphatic carbocycles. The van der Waals surface area contributed by atoms with E-state index in [-0.39, 0.29) is 0 Å². The summed E-state index contributed by atoms with van der Waals surface area (Å²) in [7, 11) is 0. The van der Waals surface area contributed by atoms with Gasteiger partial charge in [-0.3, -0.25) is 0 Å². The second kappa shape index (κ2) is 5.43. The van der Waals surface area contributed by atoms with Gasteiger partial charge in [-0.1, -0.05) is 13.3 Å². The van der Waals surface area contributed by atoms with Gasteiger partial charge in [-0.05, 0) is 38.4 Å². The zero-order chi connectivity index (χ0) is 9.68. The maximum absolute atomic E-state index is 5.32. The van der Waals surface area contributed by atoms with E-state index in [4.69, 9.17) is 12.2 Å². The molecule has 1 N–H and O–H groups in total. The summed E-state index contributed by atoms with van der Waals surface area (Å²) in [5.74, 6) is 0. The van der Waals surface area contributed by atoms with Crippen LogP contribution in [0.2, 0.25) is 0 Å². The van der Waals surface area contributed by atoms with Crippen LogP contribution >= 0.6 is 12.2 Å². The highest BCUT2D eigenvalue weighted by atomic mass is 32.1. The van der Waals surface area contributed by atoms with Crippen LogP contribution in [0.15, 0.2) is 0 Å². The van der Waals surface area contributed by atoms with Gasteiger partial charge in [0.2, 0.25) is 0 Å². The highest BCUT2D eigenvalue weighted by Gasteiger charge is 2.23. The first-order valence-electron chi connectivity index (χ1n) is 5.33. The van der Waals surface area contributed by atoms with Crippen LogP contribution in [-0.2, 0) is 0 Å². The van der Waals surface area contributed by atoms with Crippen molar-refractivity contribution in [2.45, 2.75) is 45.6 Å². The molecule has 0 atom stereocenters. The summed E-state index contributed by atoms with van der Waals surface area (Å²) in [6, 6.07) is 0.683. The van der Waals surface area contributed by atoms with Crippen LogP contribution < -0.4 is 5.32 Å². The third-order valence-corrected chi connectivity index (χ3v) is 2.73. The van der Waals surface area contributed by atoms with Crippen LogP contribution in [0.4, 0.5) is 0 Å². The van der Waals surface area contributed by atoms with E-state index in [1.165, 1.54) is 25.7 Å². The quantitative estimate of drug-likeness (QED) is 0.685. The molecule has 0 saturated heterocycles. The first-order valence-corrected chi connectivity index (χ1v) is 5.74. The lowest BCUT2D eigenvalue weighted by molar-refractivity contribution is 0.420. The maximum atomic E-state index is 5.32. The Balaban J connectivity index is 2.21. The predicted octanol–water partition coefficient (Wildman–Crippen LogP) is 2.15. The van der Waals surface area contributed by atoms with Gasteiger partial charge < -0.3 is 10.2 Å². The molecule has 1 aliphatic rings. The smallest absolute Gasteiger partial charge is 0.169 e. The summed E-state index contributed by atoms with van der Waals surface area (Å²) in [6.07, 6.45) is 5.07. The zero-order valence-corrected chi connectivity index (χ0v) is 9.49. The Bertz CT molecular complexity index is 166. The molecule has 76 valence electrons. The molecule has 0 aromatic heterocycles. The summed E-state index contributed by atoms with van der Waals surface area (Å²) in [5, 5.41) is 4.33. The largest absolute Gasteiger partial charge is 0.360 e. The standard InChI is InChI=1S/C10H20N2S/c1-3-5-8-12(4-2)10(13)11-9-6-7-9/h9H,3-8H2,1-2H3,(H,11,13). The Hall–Kier alpha value is -0.310. The highest BCUT2D eigenvalue weighted by molar-refractivity contribution is 7.80. The predicted molar refractivity (Wildman–Crippen MR) is 60.9 cm³/mol. The number of thiocarbonyl (C=S) groups is 1. The zero-order valence-electron chi connectivity index (χ0n) is 8.68. The topological polar surface area (TPSA) is 15.3 Å². The lowest BCUT2D eigenvalue weighted by Crippen LogP contribution is -2.41. The van der Waals surface area contributed by atoms with Crippen molar-refractivity contribution in [1.82, 2.24) is 10.2 Å². The molecule has 0 aromatic rings. The maximum Gasteiger partial charge on any atom is 0.169 e. The fraction of sp³-hybridized carbons (Fsp3) is 0.900. The van der Waals surface area contributed by atoms with Crippen molar-refractivity contribution in [2.75, 3.05) is 13.1 Å². The summed E-state index contributed by atoms with van der Waals surface area (Å²) in [5.41, 5.74) is 0. The molecule has 2 nitrogen and oxygen atoms in total. The van der Waals surface area contributed by atoms with Gasteiger partial charge in [-0.15, -0.1) is 0 Å². The molecule has 1 rings (SSSR count). The number of nitrogens with one attached hydrogen (secondary N) is 1. The Morgan fingerprint density at radius 2 is 2.15 bits per heavy atom. The molecule has 0 spiro atoms. The molecule has 0 heterocycles. The number of hydrogen-bond donors (Lipinski definition) is 1. The fourth-order valence-corrected chi connectivity index (χ4v) is 1.63. The van der Waals surface area contributed by atoms with Gasteiger partial charge in [0.05, 0.1) is 0 Å². The minimum atomic E-state index is 0.683. The Morgan fingerprint density at radius 3 is 2.62 bits per heavy atom. The molecule has 0 aromatic carbocycles. The lowest BCUT2D eigenvalue weighted by atomic mass is 10.3. The first kappa shape index (κ1) is 10.8. The van der Waals surface area contributed by atoms with E-state index < -0.39 is 0 Å². The van der Waals surface area contributed by atoms with Gasteiger partial charge in [0, 0.05) is 19.1 Å². The molecular formula is C10H20N2S. The first-order chi connectivity index (χ1) is 6.27. The molecule has 3 heteroatoms. The molecule has 13 heavy (non-hydrogen) atoms. The van der Waals surface area contributed by atoms with Crippen molar-refractivity contribution in [3.63, 3.8) is 0 Å². The van der Waals surface area contributed by atoms with Gasteiger partial charge in [0.25, 0.3) is 0 Å². The van der Waals surface area contributed by atoms with Crippen molar-refractivity contribution < 1.29 is 0 Å². The van der Waals surface area contributed by atoms with Gasteiger partial charge in [0.15, 0.2) is 5.11 Å². The van der Waals surface area contributed by atoms with Crippen LogP contribution in [0, 0.1) is 0 Å². The minimum absolute atomic E-state index is 0.683. The molecule has 0 radical (unpaired) electrons. The summed E-state index contributed by atoms with van der Waals surface area (Å²) in [4.78, 5) is 2.26. The summed E-state index contributed by atoms with van der Waals surface area (Å²) >= 11 is 5.32. The van der Waals surface area contributed by atoms with Crippen molar-refractivity contribution in [2.24, 2.45) is 0 Å². The van der Waals surface area contributed by atoms with Crippen LogP contribution in [0.25, 0.3) is 0 Å². The van der Waals surface area contributed by atoms with Gasteiger partial charge >= 0.3 is 0 Å². The fourth-order valence-electron chi connectivity index (χ4n) is 1.25. The average molecular weight is 200 g/mol. The van der Waals surface area contributed by atoms with Crippen molar-refractivity contribution >= 4 is 17.3 Å². The van der Waals surface area contributed by atoms with Crippen LogP contribution in [0.1, 0.15) is 39.5 Å². The molecule has 0 aliphatic heterocycles. The number of rotatable bonds is 5. The Labute approximate surface area is 86.7 Å². The van der Waals surface area contributed by atoms with Gasteiger partial charge in [-0.25, -0.2) is 0 Å². The second-order valence-electron chi connectivity index (χ2n) is 3.66. The SMILES string of the molecule is CCCCN(CC)C(=S)NC1CC1. The van der Waals surface area contributed by atoms with Gasteiger partial charge in [-0.2, -0.15) is 0 Å². The minimum Gasteiger partial charge on any atom is -0.360 e. The van der Waals surface area contributed by atoms with E-state index >= 15 is 0 Å². The van der Waals surface area contributed by atoms with E-state index in [1.54, 1.807) is 0 Å². The van der Waals surface area contributed by atoms with E-state index in [1.807, 2.05) is 0 Å². The normalized spacial score (nSPS) is 15.5. The number of hydrogen-bond acceptors (Lipinski definition) is 1. The number of unbranched alkanes of at least 4 members (excludes halogenated alkanes) is 1. The molecule has 0 bridgehead atoms. The Kier molecular flexibility index (Phi) is 4.50. The molecule has 0 amide bonds. The summed E-state index contributed by atoms with van der Waals surface area (Å²) < 4.78 is 0. The van der Waals surface area contributed by atoms with E-state index in [0.717, 1.165) is 18.2 Å². The van der Waals surface area contributed by atoms with E-state index in [0.29, 0.717) is 6.04 Å². The van der Waals surface area contributed by atoms with E-state index in [2.05, 4.69) is 24.1 Å². The van der Waals surface area contributed by atoms with Crippen LogP contribution in [-0.4, -0.2) is 29.1 Å². The molecule has 0 unspecified atom stereocenters. The number of nitrogens with zero attached hydrogens (tertiary/aromatic N) is 1. The van der Waals surface area contributed by atoms with Crippen molar-refractivity contribution in [3.05, 3.63) is 0 Å². The highest BCUT2D eigenvalue weighted by Crippen LogP contribution is 2.18. The van der Waals surface area contributed by atoms with Crippen molar-refractivity contribution in [1.29, 1.82) is 0 Å². The summed E-state index contributed by atoms with van der Waals surface area (Å²) in [6.45, 7) is 6.51. The Morgan fingerprint density at radius 1 is 1.46 bits per heavy atom. The van der Waals surface area contributed by atoms with E-state index in [9.17, 15) is 0 Å². The van der Waals surface area contributed by atoms with Crippen molar-refractivity contribution in [3.8, 4) is 0 Å². The lowest BCUT2D eigenvalue weighted by Gasteiger charge is -2.24. The average Bonchev–Trinajstić information content (AvgIpc) is 2.90. The third kappa shape index (κ3) is 3.94. The molecule has 1 fully saturated rings. The van der Waals surface area contributed by atoms with Crippen LogP contribution in [0.5, 0.6) is 0 Å². The molecular weight excluding hydrogens is 180 g/mol. The third-order valence-electron chi connectivity index (χ3n) is 2.36. The van der Waals surface area contributed by atoms with Gasteiger partial charge in [0.1, 0.15) is 0 Å². The second-order valence-corrected chi connectivity index (χ2v) is 4.04. The van der Waals surface area contributed by atoms with Crippen LogP contribution in [0.3, 0.4) is 0 Å². The monoisotopic (exact) mass is 200 g/mol.